The summed E-state index contributed by atoms with van der Waals surface area (Å²) in [6.07, 6.45) is 6.88. The third-order valence-electron chi connectivity index (χ3n) is 3.45. The summed E-state index contributed by atoms with van der Waals surface area (Å²) in [6.45, 7) is 4.02. The molecule has 3 unspecified atom stereocenters. The van der Waals surface area contributed by atoms with Crippen molar-refractivity contribution in [1.29, 1.82) is 0 Å². The molecule has 4 nitrogen and oxygen atoms in total. The Morgan fingerprint density at radius 1 is 1.53 bits per heavy atom. The van der Waals surface area contributed by atoms with Gasteiger partial charge in [0.05, 0.1) is 18.3 Å². The molecule has 96 valence electrons. The highest BCUT2D eigenvalue weighted by Gasteiger charge is 2.24. The average molecular weight is 238 g/mol. The lowest BCUT2D eigenvalue weighted by molar-refractivity contribution is 0.0566. The van der Waals surface area contributed by atoms with Crippen molar-refractivity contribution in [3.05, 3.63) is 17.8 Å². The summed E-state index contributed by atoms with van der Waals surface area (Å²) in [5, 5.41) is 3.58. The third-order valence-corrected chi connectivity index (χ3v) is 3.45. The quantitative estimate of drug-likeness (QED) is 0.876. The van der Waals surface area contributed by atoms with E-state index in [1.165, 1.54) is 19.3 Å². The first-order valence-corrected chi connectivity index (χ1v) is 6.40. The minimum Gasteiger partial charge on any atom is -0.444 e. The highest BCUT2D eigenvalue weighted by atomic mass is 16.5. The van der Waals surface area contributed by atoms with Gasteiger partial charge in [0.2, 0.25) is 5.89 Å². The van der Waals surface area contributed by atoms with Crippen LogP contribution in [0.5, 0.6) is 0 Å². The summed E-state index contributed by atoms with van der Waals surface area (Å²) in [6, 6.07) is 0.681. The molecule has 1 aromatic heterocycles. The lowest BCUT2D eigenvalue weighted by Crippen LogP contribution is -2.38. The smallest absolute Gasteiger partial charge is 0.211 e. The van der Waals surface area contributed by atoms with Gasteiger partial charge in [-0.3, -0.25) is 0 Å². The van der Waals surface area contributed by atoms with Gasteiger partial charge in [0.1, 0.15) is 5.76 Å². The number of rotatable bonds is 4. The standard InChI is InChI=1S/C13H22N2O2/c1-9-8-14-13(17-9)10(2)15-11-5-4-6-12(7-11)16-3/h8,10-12,15H,4-7H2,1-3H3. The SMILES string of the molecule is COC1CCCC(NC(C)c2ncc(C)o2)C1. The Hall–Kier alpha value is -0.870. The summed E-state index contributed by atoms with van der Waals surface area (Å²) in [4.78, 5) is 4.26. The van der Waals surface area contributed by atoms with Crippen LogP contribution in [0.1, 0.15) is 50.3 Å². The van der Waals surface area contributed by atoms with Crippen molar-refractivity contribution >= 4 is 0 Å². The molecule has 1 heterocycles. The molecule has 0 radical (unpaired) electrons. The first-order valence-electron chi connectivity index (χ1n) is 6.40. The Kier molecular flexibility index (Phi) is 4.18. The van der Waals surface area contributed by atoms with Crippen LogP contribution in [0, 0.1) is 6.92 Å². The molecule has 0 saturated heterocycles. The summed E-state index contributed by atoms with van der Waals surface area (Å²) < 4.78 is 11.0. The van der Waals surface area contributed by atoms with Gasteiger partial charge in [-0.2, -0.15) is 0 Å². The number of methoxy groups -OCH3 is 1. The number of nitrogens with one attached hydrogen (secondary N) is 1. The van der Waals surface area contributed by atoms with E-state index in [0.717, 1.165) is 18.1 Å². The summed E-state index contributed by atoms with van der Waals surface area (Å²) in [5.74, 6) is 1.65. The molecular formula is C13H22N2O2. The summed E-state index contributed by atoms with van der Waals surface area (Å²) in [7, 11) is 1.80. The summed E-state index contributed by atoms with van der Waals surface area (Å²) >= 11 is 0. The molecule has 2 rings (SSSR count). The van der Waals surface area contributed by atoms with E-state index >= 15 is 0 Å². The monoisotopic (exact) mass is 238 g/mol. The maximum atomic E-state index is 5.54. The van der Waals surface area contributed by atoms with E-state index in [-0.39, 0.29) is 6.04 Å². The predicted molar refractivity (Wildman–Crippen MR) is 65.8 cm³/mol. The molecule has 0 spiro atoms. The number of nitrogens with zero attached hydrogens (tertiary/aromatic N) is 1. The third kappa shape index (κ3) is 3.30. The van der Waals surface area contributed by atoms with Gasteiger partial charge in [-0.25, -0.2) is 4.98 Å². The van der Waals surface area contributed by atoms with E-state index in [0.29, 0.717) is 12.1 Å². The fourth-order valence-corrected chi connectivity index (χ4v) is 2.51. The van der Waals surface area contributed by atoms with Gasteiger partial charge in [-0.15, -0.1) is 0 Å². The van der Waals surface area contributed by atoms with Gasteiger partial charge in [-0.05, 0) is 39.5 Å². The van der Waals surface area contributed by atoms with Gasteiger partial charge in [0.15, 0.2) is 0 Å². The second kappa shape index (κ2) is 5.65. The van der Waals surface area contributed by atoms with Crippen molar-refractivity contribution < 1.29 is 9.15 Å². The second-order valence-corrected chi connectivity index (χ2v) is 4.92. The molecule has 0 aromatic carbocycles. The largest absolute Gasteiger partial charge is 0.444 e. The van der Waals surface area contributed by atoms with Crippen LogP contribution >= 0.6 is 0 Å². The molecule has 1 aromatic rings. The van der Waals surface area contributed by atoms with Gasteiger partial charge < -0.3 is 14.5 Å². The van der Waals surface area contributed by atoms with E-state index in [1.54, 1.807) is 13.3 Å². The van der Waals surface area contributed by atoms with Crippen molar-refractivity contribution in [2.24, 2.45) is 0 Å². The Balaban J connectivity index is 1.87. The maximum absolute atomic E-state index is 5.54. The highest BCUT2D eigenvalue weighted by Crippen LogP contribution is 2.23. The van der Waals surface area contributed by atoms with E-state index in [1.807, 2.05) is 6.92 Å². The molecule has 1 aliphatic carbocycles. The molecule has 1 saturated carbocycles. The molecule has 4 heteroatoms. The van der Waals surface area contributed by atoms with Crippen molar-refractivity contribution in [2.75, 3.05) is 7.11 Å². The molecule has 0 bridgehead atoms. The second-order valence-electron chi connectivity index (χ2n) is 4.92. The zero-order valence-corrected chi connectivity index (χ0v) is 10.9. The number of aryl methyl sites for hydroxylation is 1. The van der Waals surface area contributed by atoms with Crippen molar-refractivity contribution in [1.82, 2.24) is 10.3 Å². The molecular weight excluding hydrogens is 216 g/mol. The van der Waals surface area contributed by atoms with Crippen molar-refractivity contribution in [2.45, 2.75) is 57.7 Å². The van der Waals surface area contributed by atoms with Gasteiger partial charge in [-0.1, -0.05) is 0 Å². The van der Waals surface area contributed by atoms with Gasteiger partial charge >= 0.3 is 0 Å². The van der Waals surface area contributed by atoms with Crippen LogP contribution in [0.2, 0.25) is 0 Å². The predicted octanol–water partition coefficient (Wildman–Crippen LogP) is 2.59. The van der Waals surface area contributed by atoms with Gasteiger partial charge in [0.25, 0.3) is 0 Å². The molecule has 17 heavy (non-hydrogen) atoms. The van der Waals surface area contributed by atoms with Gasteiger partial charge in [0, 0.05) is 13.2 Å². The van der Waals surface area contributed by atoms with E-state index < -0.39 is 0 Å². The molecule has 1 aliphatic rings. The number of ether oxygens (including phenoxy) is 1. The number of hydrogen-bond donors (Lipinski definition) is 1. The lowest BCUT2D eigenvalue weighted by atomic mass is 9.92. The maximum Gasteiger partial charge on any atom is 0.211 e. The zero-order chi connectivity index (χ0) is 12.3. The Bertz CT molecular complexity index is 351. The topological polar surface area (TPSA) is 47.3 Å². The highest BCUT2D eigenvalue weighted by molar-refractivity contribution is 4.96. The Labute approximate surface area is 103 Å². The molecule has 0 amide bonds. The Morgan fingerprint density at radius 3 is 3.00 bits per heavy atom. The van der Waals surface area contributed by atoms with Crippen LogP contribution in [0.15, 0.2) is 10.6 Å². The fourth-order valence-electron chi connectivity index (χ4n) is 2.51. The molecule has 1 N–H and O–H groups in total. The lowest BCUT2D eigenvalue weighted by Gasteiger charge is -2.30. The van der Waals surface area contributed by atoms with Crippen molar-refractivity contribution in [3.8, 4) is 0 Å². The van der Waals surface area contributed by atoms with E-state index in [4.69, 9.17) is 9.15 Å². The first-order chi connectivity index (χ1) is 8.19. The van der Waals surface area contributed by atoms with Crippen LogP contribution in [-0.4, -0.2) is 24.2 Å². The molecule has 1 fully saturated rings. The van der Waals surface area contributed by atoms with Crippen LogP contribution in [0.3, 0.4) is 0 Å². The van der Waals surface area contributed by atoms with Crippen molar-refractivity contribution in [3.63, 3.8) is 0 Å². The molecule has 3 atom stereocenters. The van der Waals surface area contributed by atoms with Crippen LogP contribution < -0.4 is 5.32 Å². The average Bonchev–Trinajstić information content (AvgIpc) is 2.76. The zero-order valence-electron chi connectivity index (χ0n) is 10.9. The van der Waals surface area contributed by atoms with Crippen LogP contribution in [-0.2, 0) is 4.74 Å². The van der Waals surface area contributed by atoms with Crippen LogP contribution in [0.25, 0.3) is 0 Å². The summed E-state index contributed by atoms with van der Waals surface area (Å²) in [5.41, 5.74) is 0. The van der Waals surface area contributed by atoms with Crippen LogP contribution in [0.4, 0.5) is 0 Å². The molecule has 0 aliphatic heterocycles. The number of oxazole rings is 1. The first kappa shape index (κ1) is 12.6. The minimum absolute atomic E-state index is 0.171. The fraction of sp³-hybridized carbons (Fsp3) is 0.769. The Morgan fingerprint density at radius 2 is 2.35 bits per heavy atom. The normalized spacial score (nSPS) is 27.0. The van der Waals surface area contributed by atoms with E-state index in [2.05, 4.69) is 17.2 Å². The number of aromatic nitrogens is 1. The number of hydrogen-bond acceptors (Lipinski definition) is 4. The minimum atomic E-state index is 0.171. The van der Waals surface area contributed by atoms with E-state index in [9.17, 15) is 0 Å².